The van der Waals surface area contributed by atoms with Crippen molar-refractivity contribution in [3.05, 3.63) is 51.5 Å². The maximum Gasteiger partial charge on any atom is 0.269 e. The Morgan fingerprint density at radius 2 is 1.92 bits per heavy atom. The van der Waals surface area contributed by atoms with Crippen molar-refractivity contribution < 1.29 is 17.8 Å². The molecule has 2 fully saturated rings. The Labute approximate surface area is 212 Å². The lowest BCUT2D eigenvalue weighted by Gasteiger charge is -2.33. The second kappa shape index (κ2) is 11.4. The van der Waals surface area contributed by atoms with Crippen LogP contribution in [0.15, 0.2) is 28.7 Å². The predicted octanol–water partition coefficient (Wildman–Crippen LogP) is 4.57. The number of hydrogen-bond acceptors (Lipinski definition) is 8. The lowest BCUT2D eigenvalue weighted by atomic mass is 9.80. The van der Waals surface area contributed by atoms with Crippen molar-refractivity contribution in [2.24, 2.45) is 5.92 Å². The molecule has 1 saturated heterocycles. The summed E-state index contributed by atoms with van der Waals surface area (Å²) in [5, 5.41) is 20.7. The average Bonchev–Trinajstić information content (AvgIpc) is 3.32. The number of hydrogen-bond donors (Lipinski definition) is 0. The molecule has 4 rings (SSSR count). The minimum absolute atomic E-state index is 0.132. The molecule has 1 aliphatic heterocycles. The molecule has 2 aromatic rings. The second-order valence-electron chi connectivity index (χ2n) is 9.75. The second-order valence-corrected chi connectivity index (χ2v) is 11.7. The fraction of sp³-hybridized carbons (Fsp3) is 0.600. The molecule has 10 nitrogen and oxygen atoms in total. The first kappa shape index (κ1) is 26.1. The van der Waals surface area contributed by atoms with E-state index in [1.165, 1.54) is 41.8 Å². The van der Waals surface area contributed by atoms with Crippen LogP contribution in [0.4, 0.5) is 11.6 Å². The first-order valence-corrected chi connectivity index (χ1v) is 14.3. The number of benzene rings is 1. The van der Waals surface area contributed by atoms with Gasteiger partial charge < -0.3 is 9.32 Å². The average molecular weight is 516 g/mol. The van der Waals surface area contributed by atoms with Crippen molar-refractivity contribution in [1.82, 2.24) is 9.29 Å². The molecule has 0 radical (unpaired) electrons. The summed E-state index contributed by atoms with van der Waals surface area (Å²) in [5.41, 5.74) is 0.501. The topological polar surface area (TPSA) is 134 Å². The van der Waals surface area contributed by atoms with Crippen LogP contribution in [0.3, 0.4) is 0 Å². The summed E-state index contributed by atoms with van der Waals surface area (Å²) in [6.45, 7) is 3.44. The number of oxazole rings is 1. The third-order valence-electron chi connectivity index (χ3n) is 7.28. The standard InChI is InChI=1S/C25H33N5O5S/c1-2-3-5-19-8-10-21(11-9-19)24-27-23(17-26)25(35-24)28-12-14-29(15-13-28)36(33,34)18-20-6-4-7-22(16-20)30(31)32/h4,6-7,16,19,21H,2-3,5,8-15,18H2,1H3. The summed E-state index contributed by atoms with van der Waals surface area (Å²) < 4.78 is 33.4. The SMILES string of the molecule is CCCCC1CCC(c2nc(C#N)c(N3CCN(S(=O)(=O)Cc4cccc([N+](=O)[O-])c4)CC3)o2)CC1. The molecule has 11 heteroatoms. The number of non-ortho nitro benzene ring substituents is 1. The Hall–Kier alpha value is -2.97. The van der Waals surface area contributed by atoms with E-state index < -0.39 is 14.9 Å². The highest BCUT2D eigenvalue weighted by atomic mass is 32.2. The van der Waals surface area contributed by atoms with Gasteiger partial charge in [-0.3, -0.25) is 10.1 Å². The summed E-state index contributed by atoms with van der Waals surface area (Å²) in [7, 11) is -3.65. The van der Waals surface area contributed by atoms with Gasteiger partial charge in [-0.15, -0.1) is 0 Å². The van der Waals surface area contributed by atoms with Crippen LogP contribution in [-0.2, 0) is 15.8 Å². The van der Waals surface area contributed by atoms with Crippen LogP contribution in [0.25, 0.3) is 0 Å². The monoisotopic (exact) mass is 515 g/mol. The van der Waals surface area contributed by atoms with Crippen molar-refractivity contribution in [2.45, 2.75) is 63.5 Å². The van der Waals surface area contributed by atoms with E-state index in [2.05, 4.69) is 18.0 Å². The van der Waals surface area contributed by atoms with Gasteiger partial charge in [0, 0.05) is 44.2 Å². The van der Waals surface area contributed by atoms with E-state index in [4.69, 9.17) is 4.42 Å². The fourth-order valence-corrected chi connectivity index (χ4v) is 6.71. The highest BCUT2D eigenvalue weighted by Crippen LogP contribution is 2.39. The van der Waals surface area contributed by atoms with E-state index in [1.54, 1.807) is 6.07 Å². The Bertz CT molecular complexity index is 1210. The van der Waals surface area contributed by atoms with Crippen LogP contribution in [0.5, 0.6) is 0 Å². The molecule has 0 N–H and O–H groups in total. The quantitative estimate of drug-likeness (QED) is 0.350. The predicted molar refractivity (Wildman–Crippen MR) is 135 cm³/mol. The fourth-order valence-electron chi connectivity index (χ4n) is 5.21. The van der Waals surface area contributed by atoms with Gasteiger partial charge in [0.1, 0.15) is 6.07 Å². The molecule has 2 aliphatic rings. The maximum absolute atomic E-state index is 13.0. The molecule has 0 spiro atoms. The van der Waals surface area contributed by atoms with Gasteiger partial charge in [-0.1, -0.05) is 38.3 Å². The molecule has 1 aromatic heterocycles. The molecule has 2 heterocycles. The van der Waals surface area contributed by atoms with Crippen molar-refractivity contribution in [3.8, 4) is 6.07 Å². The molecule has 0 unspecified atom stereocenters. The third kappa shape index (κ3) is 6.05. The number of nitrogens with zero attached hydrogens (tertiary/aromatic N) is 5. The number of anilines is 1. The summed E-state index contributed by atoms with van der Waals surface area (Å²) in [4.78, 5) is 16.9. The summed E-state index contributed by atoms with van der Waals surface area (Å²) in [6.07, 6.45) is 8.11. The van der Waals surface area contributed by atoms with Gasteiger partial charge in [0.15, 0.2) is 0 Å². The van der Waals surface area contributed by atoms with E-state index in [-0.39, 0.29) is 36.1 Å². The summed E-state index contributed by atoms with van der Waals surface area (Å²) in [5.74, 6) is 1.74. The van der Waals surface area contributed by atoms with Crippen LogP contribution >= 0.6 is 0 Å². The highest BCUT2D eigenvalue weighted by Gasteiger charge is 2.32. The zero-order valence-electron chi connectivity index (χ0n) is 20.6. The Balaban J connectivity index is 1.37. The van der Waals surface area contributed by atoms with Gasteiger partial charge in [0.2, 0.25) is 27.5 Å². The van der Waals surface area contributed by atoms with Crippen molar-refractivity contribution >= 4 is 21.6 Å². The van der Waals surface area contributed by atoms with E-state index >= 15 is 0 Å². The van der Waals surface area contributed by atoms with Crippen molar-refractivity contribution in [3.63, 3.8) is 0 Å². The number of sulfonamides is 1. The molecule has 0 amide bonds. The van der Waals surface area contributed by atoms with E-state index in [9.17, 15) is 23.8 Å². The first-order valence-electron chi connectivity index (χ1n) is 12.7. The Morgan fingerprint density at radius 1 is 1.19 bits per heavy atom. The molecule has 1 aromatic carbocycles. The van der Waals surface area contributed by atoms with Crippen LogP contribution in [0, 0.1) is 27.4 Å². The van der Waals surface area contributed by atoms with Gasteiger partial charge in [-0.25, -0.2) is 13.4 Å². The number of aromatic nitrogens is 1. The third-order valence-corrected chi connectivity index (χ3v) is 9.13. The largest absolute Gasteiger partial charge is 0.423 e. The van der Waals surface area contributed by atoms with Crippen molar-refractivity contribution in [1.29, 1.82) is 5.26 Å². The van der Waals surface area contributed by atoms with Gasteiger partial charge in [0.25, 0.3) is 5.69 Å². The first-order chi connectivity index (χ1) is 17.3. The van der Waals surface area contributed by atoms with E-state index in [0.717, 1.165) is 31.6 Å². The zero-order valence-corrected chi connectivity index (χ0v) is 21.5. The van der Waals surface area contributed by atoms with Gasteiger partial charge in [-0.2, -0.15) is 9.57 Å². The lowest BCUT2D eigenvalue weighted by Crippen LogP contribution is -2.49. The molecule has 1 saturated carbocycles. The lowest BCUT2D eigenvalue weighted by molar-refractivity contribution is -0.384. The molecule has 0 atom stereocenters. The molecular weight excluding hydrogens is 482 g/mol. The number of unbranched alkanes of at least 4 members (excludes halogenated alkanes) is 1. The maximum atomic E-state index is 13.0. The molecule has 1 aliphatic carbocycles. The smallest absolute Gasteiger partial charge is 0.269 e. The molecule has 0 bridgehead atoms. The number of nitro benzene ring substituents is 1. The normalized spacial score (nSPS) is 21.3. The van der Waals surface area contributed by atoms with Gasteiger partial charge >= 0.3 is 0 Å². The summed E-state index contributed by atoms with van der Waals surface area (Å²) in [6, 6.07) is 7.84. The van der Waals surface area contributed by atoms with Crippen LogP contribution in [-0.4, -0.2) is 48.8 Å². The molecular formula is C25H33N5O5S. The number of nitriles is 1. The minimum atomic E-state index is -3.65. The van der Waals surface area contributed by atoms with Crippen LogP contribution in [0.2, 0.25) is 0 Å². The molecule has 36 heavy (non-hydrogen) atoms. The van der Waals surface area contributed by atoms with Gasteiger partial charge in [-0.05, 0) is 37.2 Å². The highest BCUT2D eigenvalue weighted by molar-refractivity contribution is 7.88. The zero-order chi connectivity index (χ0) is 25.7. The molecule has 194 valence electrons. The summed E-state index contributed by atoms with van der Waals surface area (Å²) >= 11 is 0. The Morgan fingerprint density at radius 3 is 2.56 bits per heavy atom. The van der Waals surface area contributed by atoms with Crippen LogP contribution < -0.4 is 4.90 Å². The van der Waals surface area contributed by atoms with Crippen LogP contribution in [0.1, 0.15) is 74.9 Å². The van der Waals surface area contributed by atoms with Gasteiger partial charge in [0.05, 0.1) is 10.7 Å². The van der Waals surface area contributed by atoms with E-state index in [0.29, 0.717) is 30.4 Å². The number of nitro groups is 1. The number of piperazine rings is 1. The Kier molecular flexibility index (Phi) is 8.26. The minimum Gasteiger partial charge on any atom is -0.423 e. The number of rotatable bonds is 9. The van der Waals surface area contributed by atoms with E-state index in [1.807, 2.05) is 4.90 Å². The van der Waals surface area contributed by atoms with Crippen molar-refractivity contribution in [2.75, 3.05) is 31.1 Å².